The zero-order valence-electron chi connectivity index (χ0n) is 14.2. The molecule has 3 heteroatoms. The van der Waals surface area contributed by atoms with E-state index in [4.69, 9.17) is 9.47 Å². The molecule has 1 unspecified atom stereocenters. The minimum absolute atomic E-state index is 0.136. The molecule has 0 spiro atoms. The molecule has 3 rings (SSSR count). The van der Waals surface area contributed by atoms with Crippen LogP contribution in [-0.2, 0) is 0 Å². The van der Waals surface area contributed by atoms with Gasteiger partial charge in [0.05, 0.1) is 0 Å². The molecule has 0 N–H and O–H groups in total. The first-order chi connectivity index (χ1) is 11.5. The second-order valence-electron chi connectivity index (χ2n) is 6.16. The molecule has 3 aromatic rings. The van der Waals surface area contributed by atoms with E-state index in [0.29, 0.717) is 17.9 Å². The van der Waals surface area contributed by atoms with Crippen molar-refractivity contribution in [2.45, 2.75) is 26.9 Å². The minimum atomic E-state index is -0.224. The molecule has 0 aromatic heterocycles. The first-order valence-electron chi connectivity index (χ1n) is 8.07. The summed E-state index contributed by atoms with van der Waals surface area (Å²) in [6.07, 6.45) is -0.136. The van der Waals surface area contributed by atoms with Crippen LogP contribution in [0.1, 0.15) is 18.1 Å². The summed E-state index contributed by atoms with van der Waals surface area (Å²) >= 11 is 0. The number of fused-ring (bicyclic) bond motifs is 1. The van der Waals surface area contributed by atoms with E-state index in [1.165, 1.54) is 17.0 Å². The van der Waals surface area contributed by atoms with Crippen molar-refractivity contribution >= 4 is 10.8 Å². The van der Waals surface area contributed by atoms with Crippen LogP contribution < -0.4 is 9.47 Å². The highest BCUT2D eigenvalue weighted by atomic mass is 19.1. The van der Waals surface area contributed by atoms with Crippen LogP contribution in [0.25, 0.3) is 10.8 Å². The van der Waals surface area contributed by atoms with Crippen molar-refractivity contribution in [2.24, 2.45) is 0 Å². The molecule has 24 heavy (non-hydrogen) atoms. The van der Waals surface area contributed by atoms with Crippen molar-refractivity contribution in [3.8, 4) is 11.5 Å². The monoisotopic (exact) mass is 324 g/mol. The van der Waals surface area contributed by atoms with Gasteiger partial charge >= 0.3 is 0 Å². The molecule has 0 fully saturated rings. The Kier molecular flexibility index (Phi) is 4.70. The van der Waals surface area contributed by atoms with Gasteiger partial charge in [0, 0.05) is 0 Å². The minimum Gasteiger partial charge on any atom is -0.490 e. The lowest BCUT2D eigenvalue weighted by molar-refractivity contribution is 0.143. The third-order valence-corrected chi connectivity index (χ3v) is 3.92. The molecule has 2 nitrogen and oxygen atoms in total. The molecule has 0 aliphatic heterocycles. The number of halogens is 1. The number of ether oxygens (including phenoxy) is 2. The van der Waals surface area contributed by atoms with E-state index in [-0.39, 0.29) is 11.9 Å². The third-order valence-electron chi connectivity index (χ3n) is 3.92. The molecular formula is C21H21FO2. The van der Waals surface area contributed by atoms with Gasteiger partial charge in [-0.25, -0.2) is 4.39 Å². The standard InChI is InChI=1S/C21H21FO2/c1-14-4-5-18-12-19(7-6-17(18)10-14)23-13-16(3)24-20-8-9-21(22)15(2)11-20/h4-12,16H,13H2,1-3H3. The Hall–Kier alpha value is -2.55. The Morgan fingerprint density at radius 1 is 0.875 bits per heavy atom. The quantitative estimate of drug-likeness (QED) is 0.622. The van der Waals surface area contributed by atoms with E-state index >= 15 is 0 Å². The summed E-state index contributed by atoms with van der Waals surface area (Å²) in [5.74, 6) is 1.24. The van der Waals surface area contributed by atoms with E-state index in [9.17, 15) is 4.39 Å². The van der Waals surface area contributed by atoms with Gasteiger partial charge in [0.2, 0.25) is 0 Å². The number of hydrogen-bond donors (Lipinski definition) is 0. The molecule has 0 aliphatic rings. The van der Waals surface area contributed by atoms with Crippen LogP contribution in [-0.4, -0.2) is 12.7 Å². The molecule has 0 bridgehead atoms. The molecule has 3 aromatic carbocycles. The van der Waals surface area contributed by atoms with Crippen LogP contribution in [0.5, 0.6) is 11.5 Å². The molecule has 0 saturated heterocycles. The maximum Gasteiger partial charge on any atom is 0.130 e. The summed E-state index contributed by atoms with van der Waals surface area (Å²) in [5.41, 5.74) is 1.82. The molecule has 0 saturated carbocycles. The first-order valence-corrected chi connectivity index (χ1v) is 8.07. The van der Waals surface area contributed by atoms with Crippen molar-refractivity contribution in [1.82, 2.24) is 0 Å². The number of rotatable bonds is 5. The van der Waals surface area contributed by atoms with Gasteiger partial charge in [-0.2, -0.15) is 0 Å². The van der Waals surface area contributed by atoms with Crippen LogP contribution in [0, 0.1) is 19.7 Å². The largest absolute Gasteiger partial charge is 0.490 e. The summed E-state index contributed by atoms with van der Waals surface area (Å²) in [6, 6.07) is 17.2. The van der Waals surface area contributed by atoms with E-state index in [1.54, 1.807) is 19.1 Å². The van der Waals surface area contributed by atoms with Gasteiger partial charge in [0.15, 0.2) is 0 Å². The average molecular weight is 324 g/mol. The summed E-state index contributed by atoms with van der Waals surface area (Å²) in [7, 11) is 0. The van der Waals surface area contributed by atoms with Gasteiger partial charge in [-0.05, 0) is 67.4 Å². The Morgan fingerprint density at radius 3 is 2.38 bits per heavy atom. The molecule has 1 atom stereocenters. The second kappa shape index (κ2) is 6.91. The maximum atomic E-state index is 13.3. The highest BCUT2D eigenvalue weighted by Gasteiger charge is 2.07. The SMILES string of the molecule is Cc1ccc2cc(OCC(C)Oc3ccc(F)c(C)c3)ccc2c1. The van der Waals surface area contributed by atoms with E-state index < -0.39 is 0 Å². The van der Waals surface area contributed by atoms with Gasteiger partial charge < -0.3 is 9.47 Å². The summed E-state index contributed by atoms with van der Waals surface area (Å²) in [5, 5.41) is 2.36. The summed E-state index contributed by atoms with van der Waals surface area (Å²) in [4.78, 5) is 0. The van der Waals surface area contributed by atoms with Gasteiger partial charge in [0.1, 0.15) is 30.0 Å². The van der Waals surface area contributed by atoms with Crippen molar-refractivity contribution < 1.29 is 13.9 Å². The van der Waals surface area contributed by atoms with E-state index in [1.807, 2.05) is 19.1 Å². The molecular weight excluding hydrogens is 303 g/mol. The van der Waals surface area contributed by atoms with Crippen LogP contribution in [0.3, 0.4) is 0 Å². The van der Waals surface area contributed by atoms with Crippen molar-refractivity contribution in [1.29, 1.82) is 0 Å². The van der Waals surface area contributed by atoms with Crippen LogP contribution in [0.15, 0.2) is 54.6 Å². The van der Waals surface area contributed by atoms with Gasteiger partial charge in [-0.3, -0.25) is 0 Å². The van der Waals surface area contributed by atoms with Gasteiger partial charge in [0.25, 0.3) is 0 Å². The van der Waals surface area contributed by atoms with E-state index in [2.05, 4.69) is 31.2 Å². The van der Waals surface area contributed by atoms with Crippen LogP contribution in [0.4, 0.5) is 4.39 Å². The van der Waals surface area contributed by atoms with Crippen molar-refractivity contribution in [3.63, 3.8) is 0 Å². The molecule has 0 aliphatic carbocycles. The lowest BCUT2D eigenvalue weighted by Gasteiger charge is -2.16. The Bertz CT molecular complexity index is 858. The van der Waals surface area contributed by atoms with Gasteiger partial charge in [-0.15, -0.1) is 0 Å². The Morgan fingerprint density at radius 2 is 1.58 bits per heavy atom. The molecule has 0 amide bonds. The fourth-order valence-electron chi connectivity index (χ4n) is 2.60. The van der Waals surface area contributed by atoms with Gasteiger partial charge in [-0.1, -0.05) is 29.8 Å². The van der Waals surface area contributed by atoms with Crippen molar-refractivity contribution in [2.75, 3.05) is 6.61 Å². The van der Waals surface area contributed by atoms with E-state index in [0.717, 1.165) is 11.1 Å². The number of aryl methyl sites for hydroxylation is 2. The number of hydrogen-bond acceptors (Lipinski definition) is 2. The Labute approximate surface area is 141 Å². The lowest BCUT2D eigenvalue weighted by Crippen LogP contribution is -2.21. The third kappa shape index (κ3) is 3.85. The fourth-order valence-corrected chi connectivity index (χ4v) is 2.60. The van der Waals surface area contributed by atoms with Crippen LogP contribution >= 0.6 is 0 Å². The predicted octanol–water partition coefficient (Wildman–Crippen LogP) is 5.44. The highest BCUT2D eigenvalue weighted by Crippen LogP contribution is 2.22. The lowest BCUT2D eigenvalue weighted by atomic mass is 10.1. The zero-order valence-corrected chi connectivity index (χ0v) is 14.2. The van der Waals surface area contributed by atoms with Crippen LogP contribution in [0.2, 0.25) is 0 Å². The number of benzene rings is 3. The topological polar surface area (TPSA) is 18.5 Å². The van der Waals surface area contributed by atoms with Crippen molar-refractivity contribution in [3.05, 3.63) is 71.5 Å². The maximum absolute atomic E-state index is 13.3. The average Bonchev–Trinajstić information content (AvgIpc) is 2.56. The summed E-state index contributed by atoms with van der Waals surface area (Å²) < 4.78 is 24.9. The predicted molar refractivity (Wildman–Crippen MR) is 95.4 cm³/mol. The Balaban J connectivity index is 1.62. The molecule has 124 valence electrons. The highest BCUT2D eigenvalue weighted by molar-refractivity contribution is 5.84. The molecule has 0 radical (unpaired) electrons. The second-order valence-corrected chi connectivity index (χ2v) is 6.16. The molecule has 0 heterocycles. The normalized spacial score (nSPS) is 12.2. The smallest absolute Gasteiger partial charge is 0.130 e. The first kappa shape index (κ1) is 16.3. The fraction of sp³-hybridized carbons (Fsp3) is 0.238. The summed E-state index contributed by atoms with van der Waals surface area (Å²) in [6.45, 7) is 6.16. The zero-order chi connectivity index (χ0) is 17.1.